The van der Waals surface area contributed by atoms with Crippen molar-refractivity contribution in [2.24, 2.45) is 0 Å². The Morgan fingerprint density at radius 2 is 1.85 bits per heavy atom. The Bertz CT molecular complexity index is 611. The number of hydrogen-bond acceptors (Lipinski definition) is 4. The Morgan fingerprint density at radius 1 is 1.25 bits per heavy atom. The molecule has 0 radical (unpaired) electrons. The number of hydrogen-bond donors (Lipinski definition) is 0. The van der Waals surface area contributed by atoms with Gasteiger partial charge in [0, 0.05) is 0 Å². The van der Waals surface area contributed by atoms with Gasteiger partial charge in [0.15, 0.2) is 4.32 Å². The number of imide groups is 1. The van der Waals surface area contributed by atoms with E-state index in [1.807, 2.05) is 0 Å². The zero-order chi connectivity index (χ0) is 14.9. The molecule has 0 aromatic heterocycles. The van der Waals surface area contributed by atoms with Crippen molar-refractivity contribution in [1.29, 1.82) is 0 Å². The van der Waals surface area contributed by atoms with E-state index < -0.39 is 22.3 Å². The van der Waals surface area contributed by atoms with Gasteiger partial charge >= 0.3 is 12.1 Å². The minimum Gasteiger partial charge on any atom is -0.268 e. The van der Waals surface area contributed by atoms with E-state index in [-0.39, 0.29) is 9.81 Å². The minimum absolute atomic E-state index is 0.0150. The van der Waals surface area contributed by atoms with E-state index in [1.165, 1.54) is 6.08 Å². The lowest BCUT2D eigenvalue weighted by molar-refractivity contribution is -0.182. The van der Waals surface area contributed by atoms with E-state index in [0.29, 0.717) is 17.3 Å². The van der Waals surface area contributed by atoms with Gasteiger partial charge in [-0.05, 0) is 11.6 Å². The fraction of sp³-hybridized carbons (Fsp3) is 0.0833. The summed E-state index contributed by atoms with van der Waals surface area (Å²) >= 11 is 5.33. The maximum absolute atomic E-state index is 12.4. The van der Waals surface area contributed by atoms with Gasteiger partial charge in [-0.3, -0.25) is 9.59 Å². The molecular formula is C12H6F3NO2S2. The van der Waals surface area contributed by atoms with Gasteiger partial charge in [-0.2, -0.15) is 13.2 Å². The fourth-order valence-electron chi connectivity index (χ4n) is 1.47. The molecule has 1 aromatic carbocycles. The molecule has 0 N–H and O–H groups in total. The highest BCUT2D eigenvalue weighted by Crippen LogP contribution is 2.35. The van der Waals surface area contributed by atoms with E-state index >= 15 is 0 Å². The molecule has 1 heterocycles. The summed E-state index contributed by atoms with van der Waals surface area (Å²) in [5.41, 5.74) is 0.632. The third-order valence-electron chi connectivity index (χ3n) is 2.34. The van der Waals surface area contributed by atoms with Crippen LogP contribution in [0.4, 0.5) is 13.2 Å². The molecule has 0 bridgehead atoms. The van der Waals surface area contributed by atoms with Crippen molar-refractivity contribution < 1.29 is 22.8 Å². The second-order valence-electron chi connectivity index (χ2n) is 3.73. The van der Waals surface area contributed by atoms with Gasteiger partial charge in [0.1, 0.15) is 0 Å². The number of alkyl halides is 3. The van der Waals surface area contributed by atoms with Gasteiger partial charge in [-0.25, -0.2) is 4.90 Å². The SMILES string of the molecule is O=C1C(=Cc2ccccc2)SC(=S)N1C(=O)C(F)(F)F. The summed E-state index contributed by atoms with van der Waals surface area (Å²) < 4.78 is 36.7. The van der Waals surface area contributed by atoms with Crippen molar-refractivity contribution >= 4 is 46.2 Å². The molecule has 104 valence electrons. The number of amides is 2. The smallest absolute Gasteiger partial charge is 0.268 e. The third-order valence-corrected chi connectivity index (χ3v) is 3.64. The van der Waals surface area contributed by atoms with Gasteiger partial charge in [0.25, 0.3) is 5.91 Å². The number of thiocarbonyl (C=S) groups is 1. The number of benzene rings is 1. The van der Waals surface area contributed by atoms with Crippen LogP contribution in [0, 0.1) is 0 Å². The van der Waals surface area contributed by atoms with Crippen LogP contribution in [-0.2, 0) is 9.59 Å². The Morgan fingerprint density at radius 3 is 2.40 bits per heavy atom. The summed E-state index contributed by atoms with van der Waals surface area (Å²) in [6.45, 7) is 0. The maximum Gasteiger partial charge on any atom is 0.472 e. The maximum atomic E-state index is 12.4. The molecule has 0 spiro atoms. The zero-order valence-corrected chi connectivity index (χ0v) is 11.3. The summed E-state index contributed by atoms with van der Waals surface area (Å²) in [6.07, 6.45) is -3.74. The molecule has 1 saturated heterocycles. The van der Waals surface area contributed by atoms with Crippen molar-refractivity contribution in [3.8, 4) is 0 Å². The van der Waals surface area contributed by atoms with Crippen molar-refractivity contribution in [3.05, 3.63) is 40.8 Å². The predicted molar refractivity (Wildman–Crippen MR) is 72.5 cm³/mol. The van der Waals surface area contributed by atoms with Gasteiger partial charge in [0.05, 0.1) is 4.91 Å². The number of nitrogens with zero attached hydrogens (tertiary/aromatic N) is 1. The van der Waals surface area contributed by atoms with Gasteiger partial charge in [-0.1, -0.05) is 54.3 Å². The standard InChI is InChI=1S/C12H6F3NO2S2/c13-12(14,15)10(18)16-9(17)8(20-11(16)19)6-7-4-2-1-3-5-7/h1-6H. The summed E-state index contributed by atoms with van der Waals surface area (Å²) in [7, 11) is 0. The fourth-order valence-corrected chi connectivity index (χ4v) is 2.72. The van der Waals surface area contributed by atoms with Crippen LogP contribution in [0.15, 0.2) is 35.2 Å². The molecular weight excluding hydrogens is 311 g/mol. The lowest BCUT2D eigenvalue weighted by Gasteiger charge is -2.13. The molecule has 0 aliphatic carbocycles. The summed E-state index contributed by atoms with van der Waals surface area (Å²) in [6, 6.07) is 8.55. The van der Waals surface area contributed by atoms with E-state index in [1.54, 1.807) is 30.3 Å². The highest BCUT2D eigenvalue weighted by Gasteiger charge is 2.49. The van der Waals surface area contributed by atoms with Crippen LogP contribution in [0.5, 0.6) is 0 Å². The molecule has 0 atom stereocenters. The number of halogens is 3. The first kappa shape index (κ1) is 14.7. The van der Waals surface area contributed by atoms with Crippen LogP contribution in [0.25, 0.3) is 6.08 Å². The average Bonchev–Trinajstić information content (AvgIpc) is 2.64. The lowest BCUT2D eigenvalue weighted by Crippen LogP contribution is -2.43. The van der Waals surface area contributed by atoms with Crippen molar-refractivity contribution in [2.75, 3.05) is 0 Å². The van der Waals surface area contributed by atoms with Crippen molar-refractivity contribution in [1.82, 2.24) is 4.90 Å². The van der Waals surface area contributed by atoms with Gasteiger partial charge in [-0.15, -0.1) is 0 Å². The second-order valence-corrected chi connectivity index (χ2v) is 5.41. The Balaban J connectivity index is 2.30. The van der Waals surface area contributed by atoms with E-state index in [4.69, 9.17) is 0 Å². The Labute approximate surface area is 121 Å². The normalized spacial score (nSPS) is 17.9. The molecule has 1 aromatic rings. The first-order valence-electron chi connectivity index (χ1n) is 5.25. The van der Waals surface area contributed by atoms with E-state index in [9.17, 15) is 22.8 Å². The quantitative estimate of drug-likeness (QED) is 0.589. The molecule has 0 saturated carbocycles. The first-order chi connectivity index (χ1) is 9.30. The van der Waals surface area contributed by atoms with E-state index in [2.05, 4.69) is 12.2 Å². The van der Waals surface area contributed by atoms with Crippen LogP contribution in [0.1, 0.15) is 5.56 Å². The molecule has 3 nitrogen and oxygen atoms in total. The molecule has 1 aliphatic heterocycles. The monoisotopic (exact) mass is 317 g/mol. The summed E-state index contributed by atoms with van der Waals surface area (Å²) in [5.74, 6) is -3.32. The predicted octanol–water partition coefficient (Wildman–Crippen LogP) is 2.98. The summed E-state index contributed by atoms with van der Waals surface area (Å²) in [4.78, 5) is 22.9. The Kier molecular flexibility index (Phi) is 3.96. The second kappa shape index (κ2) is 5.37. The van der Waals surface area contributed by atoms with Gasteiger partial charge < -0.3 is 0 Å². The Hall–Kier alpha value is -1.67. The van der Waals surface area contributed by atoms with Crippen LogP contribution in [-0.4, -0.2) is 27.2 Å². The molecule has 0 unspecified atom stereocenters. The van der Waals surface area contributed by atoms with Crippen LogP contribution in [0.3, 0.4) is 0 Å². The first-order valence-corrected chi connectivity index (χ1v) is 6.47. The van der Waals surface area contributed by atoms with Crippen LogP contribution < -0.4 is 0 Å². The average molecular weight is 317 g/mol. The van der Waals surface area contributed by atoms with Crippen LogP contribution >= 0.6 is 24.0 Å². The topological polar surface area (TPSA) is 37.4 Å². The van der Waals surface area contributed by atoms with Crippen molar-refractivity contribution in [3.63, 3.8) is 0 Å². The molecule has 1 fully saturated rings. The van der Waals surface area contributed by atoms with E-state index in [0.717, 1.165) is 0 Å². The number of thioether (sulfide) groups is 1. The largest absolute Gasteiger partial charge is 0.472 e. The van der Waals surface area contributed by atoms with Crippen LogP contribution in [0.2, 0.25) is 0 Å². The summed E-state index contributed by atoms with van der Waals surface area (Å²) in [5, 5.41) is 0. The highest BCUT2D eigenvalue weighted by atomic mass is 32.2. The van der Waals surface area contributed by atoms with Gasteiger partial charge in [0.2, 0.25) is 0 Å². The molecule has 2 amide bonds. The zero-order valence-electron chi connectivity index (χ0n) is 9.68. The molecule has 1 aliphatic rings. The van der Waals surface area contributed by atoms with Crippen molar-refractivity contribution in [2.45, 2.75) is 6.18 Å². The molecule has 20 heavy (non-hydrogen) atoms. The number of carbonyl (C=O) groups is 2. The number of rotatable bonds is 1. The number of carbonyl (C=O) groups excluding carboxylic acids is 2. The highest BCUT2D eigenvalue weighted by molar-refractivity contribution is 8.26. The lowest BCUT2D eigenvalue weighted by atomic mass is 10.2. The molecule has 8 heteroatoms. The third kappa shape index (κ3) is 2.91. The molecule has 2 rings (SSSR count). The minimum atomic E-state index is -5.14.